The number of para-hydroxylation sites is 1. The van der Waals surface area contributed by atoms with Gasteiger partial charge >= 0.3 is 0 Å². The summed E-state index contributed by atoms with van der Waals surface area (Å²) in [4.78, 5) is 13.2. The van der Waals surface area contributed by atoms with Crippen molar-refractivity contribution >= 4 is 26.8 Å². The normalized spacial score (nSPS) is 12.6. The molecule has 3 N–H and O–H groups in total. The van der Waals surface area contributed by atoms with Crippen LogP contribution in [-0.4, -0.2) is 18.9 Å². The molecule has 1 amide bonds. The molecule has 0 fully saturated rings. The molecule has 32 heavy (non-hydrogen) atoms. The molecule has 4 rings (SSSR count). The topological polar surface area (TPSA) is 94.2 Å². The fraction of sp³-hybridized carbons (Fsp3) is 0.125. The van der Waals surface area contributed by atoms with Gasteiger partial charge in [0.15, 0.2) is 0 Å². The van der Waals surface area contributed by atoms with Crippen molar-refractivity contribution < 1.29 is 17.6 Å². The average Bonchev–Trinajstić information content (AvgIpc) is 3.13. The van der Waals surface area contributed by atoms with E-state index in [-0.39, 0.29) is 23.2 Å². The van der Waals surface area contributed by atoms with Crippen LogP contribution in [0.5, 0.6) is 0 Å². The summed E-state index contributed by atoms with van der Waals surface area (Å²) in [6.45, 7) is 1.95. The quantitative estimate of drug-likeness (QED) is 0.465. The Bertz CT molecular complexity index is 1410. The van der Waals surface area contributed by atoms with E-state index in [2.05, 4.69) is 5.32 Å². The first-order valence-electron chi connectivity index (χ1n) is 9.99. The van der Waals surface area contributed by atoms with Crippen molar-refractivity contribution in [2.45, 2.75) is 24.4 Å². The van der Waals surface area contributed by atoms with Crippen LogP contribution in [0.2, 0.25) is 0 Å². The van der Waals surface area contributed by atoms with Gasteiger partial charge in [0, 0.05) is 16.5 Å². The second-order valence-electron chi connectivity index (χ2n) is 7.58. The van der Waals surface area contributed by atoms with Crippen LogP contribution in [0.4, 0.5) is 4.39 Å². The molecule has 1 heterocycles. The first kappa shape index (κ1) is 21.7. The third kappa shape index (κ3) is 4.42. The third-order valence-electron chi connectivity index (χ3n) is 5.36. The summed E-state index contributed by atoms with van der Waals surface area (Å²) in [5.41, 5.74) is 2.26. The van der Waals surface area contributed by atoms with Gasteiger partial charge in [-0.1, -0.05) is 48.5 Å². The lowest BCUT2D eigenvalue weighted by molar-refractivity contribution is 0.0931. The first-order valence-corrected chi connectivity index (χ1v) is 11.5. The first-order chi connectivity index (χ1) is 15.2. The summed E-state index contributed by atoms with van der Waals surface area (Å²) >= 11 is 0. The maximum atomic E-state index is 14.3. The minimum Gasteiger partial charge on any atom is -0.344 e. The molecule has 0 bridgehead atoms. The van der Waals surface area contributed by atoms with Crippen molar-refractivity contribution in [1.29, 1.82) is 0 Å². The Hall–Kier alpha value is -3.49. The number of nitrogens with one attached hydrogen (secondary N) is 1. The van der Waals surface area contributed by atoms with E-state index in [1.54, 1.807) is 47.9 Å². The molecule has 0 spiro atoms. The summed E-state index contributed by atoms with van der Waals surface area (Å²) in [6, 6.07) is 21.4. The predicted octanol–water partition coefficient (Wildman–Crippen LogP) is 3.97. The van der Waals surface area contributed by atoms with Gasteiger partial charge in [-0.25, -0.2) is 17.9 Å². The van der Waals surface area contributed by atoms with E-state index in [1.807, 2.05) is 24.3 Å². The van der Waals surface area contributed by atoms with Crippen molar-refractivity contribution in [2.24, 2.45) is 5.14 Å². The van der Waals surface area contributed by atoms with Crippen molar-refractivity contribution in [2.75, 3.05) is 0 Å². The highest BCUT2D eigenvalue weighted by Crippen LogP contribution is 2.24. The number of halogens is 1. The van der Waals surface area contributed by atoms with Gasteiger partial charge in [-0.15, -0.1) is 0 Å². The van der Waals surface area contributed by atoms with Gasteiger partial charge in [-0.2, -0.15) is 0 Å². The predicted molar refractivity (Wildman–Crippen MR) is 121 cm³/mol. The summed E-state index contributed by atoms with van der Waals surface area (Å²) in [6.07, 6.45) is 0. The van der Waals surface area contributed by atoms with E-state index in [9.17, 15) is 17.6 Å². The lowest BCUT2D eigenvalue weighted by Gasteiger charge is -2.17. The van der Waals surface area contributed by atoms with Gasteiger partial charge in [-0.3, -0.25) is 4.79 Å². The molecule has 0 aliphatic rings. The van der Waals surface area contributed by atoms with E-state index < -0.39 is 16.1 Å². The summed E-state index contributed by atoms with van der Waals surface area (Å²) in [5, 5.41) is 8.98. The van der Waals surface area contributed by atoms with Gasteiger partial charge < -0.3 is 9.88 Å². The molecule has 0 aliphatic heterocycles. The van der Waals surface area contributed by atoms with Crippen molar-refractivity contribution in [3.05, 3.63) is 102 Å². The smallest absolute Gasteiger partial charge is 0.268 e. The maximum absolute atomic E-state index is 14.3. The number of primary sulfonamides is 1. The van der Waals surface area contributed by atoms with E-state index >= 15 is 0 Å². The molecule has 6 nitrogen and oxygen atoms in total. The van der Waals surface area contributed by atoms with E-state index in [1.165, 1.54) is 18.2 Å². The molecule has 1 atom stereocenters. The van der Waals surface area contributed by atoms with Crippen molar-refractivity contribution in [3.63, 3.8) is 0 Å². The molecule has 0 saturated heterocycles. The Labute approximate surface area is 185 Å². The van der Waals surface area contributed by atoms with Gasteiger partial charge in [-0.05, 0) is 42.8 Å². The highest BCUT2D eigenvalue weighted by atomic mass is 32.2. The Kier molecular flexibility index (Phi) is 5.82. The molecule has 0 aliphatic carbocycles. The number of hydrogen-bond donors (Lipinski definition) is 2. The molecule has 0 saturated carbocycles. The van der Waals surface area contributed by atoms with Crippen LogP contribution in [0.15, 0.2) is 83.8 Å². The number of amides is 1. The number of hydrogen-bond acceptors (Lipinski definition) is 3. The SMILES string of the molecule is CC(NC(=O)c1cc2ccccc2n1Cc1ccccc1F)c1cccc(S(N)(=O)=O)c1. The van der Waals surface area contributed by atoms with Crippen LogP contribution >= 0.6 is 0 Å². The van der Waals surface area contributed by atoms with Crippen LogP contribution in [0.25, 0.3) is 10.9 Å². The number of aromatic nitrogens is 1. The monoisotopic (exact) mass is 451 g/mol. The molecular formula is C24H22FN3O3S. The van der Waals surface area contributed by atoms with Gasteiger partial charge in [0.05, 0.1) is 17.5 Å². The summed E-state index contributed by atoms with van der Waals surface area (Å²) in [7, 11) is -3.85. The molecule has 3 aromatic carbocycles. The Morgan fingerprint density at radius 1 is 1.03 bits per heavy atom. The van der Waals surface area contributed by atoms with Crippen LogP contribution in [0, 0.1) is 5.82 Å². The van der Waals surface area contributed by atoms with Gasteiger partial charge in [0.25, 0.3) is 5.91 Å². The van der Waals surface area contributed by atoms with Crippen LogP contribution < -0.4 is 10.5 Å². The second kappa shape index (κ2) is 8.57. The van der Waals surface area contributed by atoms with Gasteiger partial charge in [0.1, 0.15) is 11.5 Å². The molecule has 8 heteroatoms. The zero-order valence-corrected chi connectivity index (χ0v) is 18.1. The molecule has 1 aromatic heterocycles. The lowest BCUT2D eigenvalue weighted by atomic mass is 10.1. The van der Waals surface area contributed by atoms with E-state index in [0.29, 0.717) is 16.8 Å². The minimum absolute atomic E-state index is 0.0234. The number of nitrogens with two attached hydrogens (primary N) is 1. The molecule has 0 radical (unpaired) electrons. The fourth-order valence-corrected chi connectivity index (χ4v) is 4.25. The number of rotatable bonds is 6. The van der Waals surface area contributed by atoms with E-state index in [4.69, 9.17) is 5.14 Å². The van der Waals surface area contributed by atoms with Crippen LogP contribution in [0.1, 0.15) is 34.6 Å². The Balaban J connectivity index is 1.67. The lowest BCUT2D eigenvalue weighted by Crippen LogP contribution is -2.29. The standard InChI is InChI=1S/C24H22FN3O3S/c1-16(17-9-6-10-20(13-17)32(26,30)31)27-24(29)23-14-18-7-3-5-12-22(18)28(23)15-19-8-2-4-11-21(19)25/h2-14,16H,15H2,1H3,(H,27,29)(H2,26,30,31). The average molecular weight is 452 g/mol. The number of carbonyl (C=O) groups excluding carboxylic acids is 1. The largest absolute Gasteiger partial charge is 0.344 e. The zero-order valence-electron chi connectivity index (χ0n) is 17.3. The number of carbonyl (C=O) groups is 1. The third-order valence-corrected chi connectivity index (χ3v) is 6.27. The number of sulfonamides is 1. The van der Waals surface area contributed by atoms with Crippen molar-refractivity contribution in [3.8, 4) is 0 Å². The molecule has 4 aromatic rings. The fourth-order valence-electron chi connectivity index (χ4n) is 3.68. The van der Waals surface area contributed by atoms with Gasteiger partial charge in [0.2, 0.25) is 10.0 Å². The number of nitrogens with zero attached hydrogens (tertiary/aromatic N) is 1. The Morgan fingerprint density at radius 3 is 2.50 bits per heavy atom. The van der Waals surface area contributed by atoms with Crippen molar-refractivity contribution in [1.82, 2.24) is 9.88 Å². The molecule has 1 unspecified atom stereocenters. The number of fused-ring (bicyclic) bond motifs is 1. The molecular weight excluding hydrogens is 429 g/mol. The number of benzene rings is 3. The van der Waals surface area contributed by atoms with Crippen LogP contribution in [0.3, 0.4) is 0 Å². The summed E-state index contributed by atoms with van der Waals surface area (Å²) < 4.78 is 39.4. The highest BCUT2D eigenvalue weighted by molar-refractivity contribution is 7.89. The summed E-state index contributed by atoms with van der Waals surface area (Å²) in [5.74, 6) is -0.698. The minimum atomic E-state index is -3.85. The Morgan fingerprint density at radius 2 is 1.75 bits per heavy atom. The van der Waals surface area contributed by atoms with E-state index in [0.717, 1.165) is 10.9 Å². The highest BCUT2D eigenvalue weighted by Gasteiger charge is 2.20. The molecule has 164 valence electrons. The zero-order chi connectivity index (χ0) is 22.9. The second-order valence-corrected chi connectivity index (χ2v) is 9.14. The maximum Gasteiger partial charge on any atom is 0.268 e. The van der Waals surface area contributed by atoms with Crippen LogP contribution in [-0.2, 0) is 16.6 Å².